The molecule has 0 aliphatic heterocycles. The molecule has 0 unspecified atom stereocenters. The van der Waals surface area contributed by atoms with E-state index in [4.69, 9.17) is 4.74 Å². The summed E-state index contributed by atoms with van der Waals surface area (Å²) >= 11 is 1.45. The van der Waals surface area contributed by atoms with E-state index in [0.29, 0.717) is 30.1 Å². The van der Waals surface area contributed by atoms with Crippen molar-refractivity contribution in [3.05, 3.63) is 58.4 Å². The molecule has 0 radical (unpaired) electrons. The van der Waals surface area contributed by atoms with E-state index in [-0.39, 0.29) is 10.6 Å². The largest absolute Gasteiger partial charge is 0.380 e. The SMILES string of the molecule is CCOCCn1c(=NC(=O)c2ccc(S(=O)(=O)CC)cc2)sc2cc(C)ccc21. The zero-order chi connectivity index (χ0) is 21.0. The summed E-state index contributed by atoms with van der Waals surface area (Å²) in [6.07, 6.45) is 0. The van der Waals surface area contributed by atoms with Crippen LogP contribution in [0.5, 0.6) is 0 Å². The summed E-state index contributed by atoms with van der Waals surface area (Å²) in [5.41, 5.74) is 2.50. The second kappa shape index (κ2) is 9.02. The van der Waals surface area contributed by atoms with Crippen molar-refractivity contribution in [1.29, 1.82) is 0 Å². The summed E-state index contributed by atoms with van der Waals surface area (Å²) in [4.78, 5) is 17.8. The maximum Gasteiger partial charge on any atom is 0.279 e. The molecule has 3 rings (SSSR count). The number of rotatable bonds is 7. The number of nitrogens with zero attached hydrogens (tertiary/aromatic N) is 2. The summed E-state index contributed by atoms with van der Waals surface area (Å²) in [5, 5.41) is 0. The highest BCUT2D eigenvalue weighted by Crippen LogP contribution is 2.19. The number of hydrogen-bond donors (Lipinski definition) is 0. The van der Waals surface area contributed by atoms with Gasteiger partial charge in [-0.1, -0.05) is 24.3 Å². The zero-order valence-electron chi connectivity index (χ0n) is 16.7. The lowest BCUT2D eigenvalue weighted by Gasteiger charge is -2.06. The van der Waals surface area contributed by atoms with E-state index in [9.17, 15) is 13.2 Å². The van der Waals surface area contributed by atoms with Crippen molar-refractivity contribution in [3.8, 4) is 0 Å². The van der Waals surface area contributed by atoms with E-state index in [2.05, 4.69) is 11.1 Å². The van der Waals surface area contributed by atoms with Crippen LogP contribution in [0.2, 0.25) is 0 Å². The molecule has 2 aromatic carbocycles. The second-order valence-electron chi connectivity index (χ2n) is 6.55. The molecule has 0 atom stereocenters. The Morgan fingerprint density at radius 3 is 2.52 bits per heavy atom. The van der Waals surface area contributed by atoms with Gasteiger partial charge in [0.25, 0.3) is 5.91 Å². The minimum atomic E-state index is -3.30. The van der Waals surface area contributed by atoms with E-state index in [1.54, 1.807) is 6.92 Å². The summed E-state index contributed by atoms with van der Waals surface area (Å²) in [7, 11) is -3.30. The number of fused-ring (bicyclic) bond motifs is 1. The Balaban J connectivity index is 2.00. The molecule has 6 nitrogen and oxygen atoms in total. The van der Waals surface area contributed by atoms with Gasteiger partial charge < -0.3 is 9.30 Å². The molecule has 8 heteroatoms. The lowest BCUT2D eigenvalue weighted by molar-refractivity contribution is 0.0996. The van der Waals surface area contributed by atoms with E-state index in [1.165, 1.54) is 35.6 Å². The third kappa shape index (κ3) is 4.83. The van der Waals surface area contributed by atoms with Crippen LogP contribution >= 0.6 is 11.3 Å². The van der Waals surface area contributed by atoms with Crippen molar-refractivity contribution in [2.45, 2.75) is 32.2 Å². The van der Waals surface area contributed by atoms with Crippen molar-refractivity contribution >= 4 is 37.3 Å². The topological polar surface area (TPSA) is 77.7 Å². The number of sulfone groups is 1. The van der Waals surface area contributed by atoms with Crippen LogP contribution in [0.15, 0.2) is 52.4 Å². The summed E-state index contributed by atoms with van der Waals surface area (Å²) < 4.78 is 32.4. The molecule has 1 amide bonds. The molecule has 0 N–H and O–H groups in total. The predicted octanol–water partition coefficient (Wildman–Crippen LogP) is 3.58. The third-order valence-electron chi connectivity index (χ3n) is 4.54. The number of carbonyl (C=O) groups is 1. The van der Waals surface area contributed by atoms with Crippen molar-refractivity contribution in [2.75, 3.05) is 19.0 Å². The Labute approximate surface area is 174 Å². The van der Waals surface area contributed by atoms with Gasteiger partial charge in [-0.15, -0.1) is 0 Å². The molecule has 1 heterocycles. The van der Waals surface area contributed by atoms with Crippen LogP contribution in [0.4, 0.5) is 0 Å². The van der Waals surface area contributed by atoms with Gasteiger partial charge in [0.2, 0.25) is 0 Å². The van der Waals surface area contributed by atoms with Crippen molar-refractivity contribution < 1.29 is 17.9 Å². The van der Waals surface area contributed by atoms with Gasteiger partial charge in [-0.3, -0.25) is 4.79 Å². The molecule has 0 saturated carbocycles. The van der Waals surface area contributed by atoms with E-state index in [1.807, 2.05) is 30.5 Å². The quantitative estimate of drug-likeness (QED) is 0.535. The fourth-order valence-electron chi connectivity index (χ4n) is 2.90. The van der Waals surface area contributed by atoms with Gasteiger partial charge in [-0.2, -0.15) is 4.99 Å². The van der Waals surface area contributed by atoms with Crippen molar-refractivity contribution in [1.82, 2.24) is 4.57 Å². The lowest BCUT2D eigenvalue weighted by atomic mass is 10.2. The first-order valence-electron chi connectivity index (χ1n) is 9.45. The molecule has 0 saturated heterocycles. The number of carbonyl (C=O) groups excluding carboxylic acids is 1. The molecule has 0 aliphatic carbocycles. The molecule has 154 valence electrons. The average molecular weight is 433 g/mol. The van der Waals surface area contributed by atoms with Gasteiger partial charge >= 0.3 is 0 Å². The highest BCUT2D eigenvalue weighted by atomic mass is 32.2. The predicted molar refractivity (Wildman–Crippen MR) is 115 cm³/mol. The third-order valence-corrected chi connectivity index (χ3v) is 7.33. The molecular weight excluding hydrogens is 408 g/mol. The summed E-state index contributed by atoms with van der Waals surface area (Å²) in [6, 6.07) is 12.1. The molecule has 3 aromatic rings. The zero-order valence-corrected chi connectivity index (χ0v) is 18.3. The number of benzene rings is 2. The number of ether oxygens (including phenoxy) is 1. The van der Waals surface area contributed by atoms with Gasteiger partial charge in [0.1, 0.15) is 0 Å². The fraction of sp³-hybridized carbons (Fsp3) is 0.333. The summed E-state index contributed by atoms with van der Waals surface area (Å²) in [5.74, 6) is -0.384. The van der Waals surface area contributed by atoms with Gasteiger partial charge in [-0.05, 0) is 55.8 Å². The molecule has 1 aromatic heterocycles. The Hall–Kier alpha value is -2.29. The number of amides is 1. The standard InChI is InChI=1S/C21H24N2O4S2/c1-4-27-13-12-23-18-11-6-15(3)14-19(18)28-21(23)22-20(24)16-7-9-17(10-8-16)29(25,26)5-2/h6-11,14H,4-5,12-13H2,1-3H3. The summed E-state index contributed by atoms with van der Waals surface area (Å²) in [6.45, 7) is 7.31. The van der Waals surface area contributed by atoms with E-state index in [0.717, 1.165) is 15.8 Å². The maximum atomic E-state index is 12.7. The number of aryl methyl sites for hydroxylation is 1. The van der Waals surface area contributed by atoms with Crippen LogP contribution in [0.3, 0.4) is 0 Å². The lowest BCUT2D eigenvalue weighted by Crippen LogP contribution is -2.19. The Morgan fingerprint density at radius 1 is 1.14 bits per heavy atom. The smallest absolute Gasteiger partial charge is 0.279 e. The number of thiazole rings is 1. The monoisotopic (exact) mass is 432 g/mol. The second-order valence-corrected chi connectivity index (χ2v) is 9.84. The first-order valence-corrected chi connectivity index (χ1v) is 11.9. The van der Waals surface area contributed by atoms with E-state index < -0.39 is 15.7 Å². The van der Waals surface area contributed by atoms with Crippen LogP contribution in [0.1, 0.15) is 29.8 Å². The minimum absolute atomic E-state index is 0.0195. The average Bonchev–Trinajstić information content (AvgIpc) is 3.04. The van der Waals surface area contributed by atoms with Gasteiger partial charge in [0.15, 0.2) is 14.6 Å². The van der Waals surface area contributed by atoms with E-state index >= 15 is 0 Å². The first kappa shape index (κ1) is 21.4. The molecule has 29 heavy (non-hydrogen) atoms. The van der Waals surface area contributed by atoms with Gasteiger partial charge in [-0.25, -0.2) is 8.42 Å². The normalized spacial score (nSPS) is 12.6. The van der Waals surface area contributed by atoms with Crippen LogP contribution < -0.4 is 4.80 Å². The first-order chi connectivity index (χ1) is 13.9. The Kier molecular flexibility index (Phi) is 6.66. The van der Waals surface area contributed by atoms with Crippen molar-refractivity contribution in [2.24, 2.45) is 4.99 Å². The molecule has 0 fully saturated rings. The van der Waals surface area contributed by atoms with Crippen LogP contribution in [-0.4, -0.2) is 37.9 Å². The minimum Gasteiger partial charge on any atom is -0.380 e. The number of aromatic nitrogens is 1. The van der Waals surface area contributed by atoms with Gasteiger partial charge in [0, 0.05) is 18.7 Å². The van der Waals surface area contributed by atoms with Crippen LogP contribution in [0.25, 0.3) is 10.2 Å². The Bertz CT molecular complexity index is 1190. The molecule has 0 spiro atoms. The van der Waals surface area contributed by atoms with Crippen molar-refractivity contribution in [3.63, 3.8) is 0 Å². The highest BCUT2D eigenvalue weighted by molar-refractivity contribution is 7.91. The molecule has 0 bridgehead atoms. The van der Waals surface area contributed by atoms with Crippen LogP contribution in [-0.2, 0) is 21.1 Å². The fourth-order valence-corrected chi connectivity index (χ4v) is 4.94. The van der Waals surface area contributed by atoms with Gasteiger partial charge in [0.05, 0.1) is 27.5 Å². The molecule has 0 aliphatic rings. The Morgan fingerprint density at radius 2 is 1.86 bits per heavy atom. The highest BCUT2D eigenvalue weighted by Gasteiger charge is 2.13. The number of hydrogen-bond acceptors (Lipinski definition) is 5. The molecular formula is C21H24N2O4S2. The maximum absolute atomic E-state index is 12.7. The van der Waals surface area contributed by atoms with Crippen LogP contribution in [0, 0.1) is 6.92 Å².